The maximum Gasteiger partial charge on any atom is 0.221 e. The molecule has 0 bridgehead atoms. The molecule has 3 rings (SSSR count). The van der Waals surface area contributed by atoms with Crippen LogP contribution in [-0.2, 0) is 4.79 Å². The minimum absolute atomic E-state index is 0.0273. The maximum absolute atomic E-state index is 11.3. The first-order valence-corrected chi connectivity index (χ1v) is 9.20. The fourth-order valence-corrected chi connectivity index (χ4v) is 3.65. The lowest BCUT2D eigenvalue weighted by molar-refractivity contribution is -0.114. The second kappa shape index (κ2) is 8.43. The normalized spacial score (nSPS) is 16.1. The van der Waals surface area contributed by atoms with Crippen LogP contribution in [0.25, 0.3) is 0 Å². The average Bonchev–Trinajstić information content (AvgIpc) is 2.65. The molecule has 1 aliphatic heterocycles. The van der Waals surface area contributed by atoms with Crippen molar-refractivity contribution in [3.8, 4) is 0 Å². The number of benzene rings is 2. The number of carbonyl (C=O) groups is 1. The first-order chi connectivity index (χ1) is 12.6. The second-order valence-corrected chi connectivity index (χ2v) is 7.04. The second-order valence-electron chi connectivity index (χ2n) is 6.60. The van der Waals surface area contributed by atoms with Gasteiger partial charge in [-0.2, -0.15) is 0 Å². The Labute approximate surface area is 158 Å². The zero-order valence-electron chi connectivity index (χ0n) is 14.7. The third-order valence-electron chi connectivity index (χ3n) is 4.69. The van der Waals surface area contributed by atoms with E-state index >= 15 is 0 Å². The number of hydrogen-bond acceptors (Lipinski definition) is 4. The molecule has 26 heavy (non-hydrogen) atoms. The number of anilines is 1. The zero-order chi connectivity index (χ0) is 18.5. The summed E-state index contributed by atoms with van der Waals surface area (Å²) in [5, 5.41) is 6.47. The van der Waals surface area contributed by atoms with Crippen LogP contribution >= 0.6 is 11.6 Å². The molecule has 1 amide bonds. The largest absolute Gasteiger partial charge is 0.324 e. The van der Waals surface area contributed by atoms with Crippen molar-refractivity contribution in [2.24, 2.45) is 5.18 Å². The van der Waals surface area contributed by atoms with Gasteiger partial charge in [0.05, 0.1) is 11.7 Å². The van der Waals surface area contributed by atoms with Gasteiger partial charge in [0.15, 0.2) is 0 Å². The van der Waals surface area contributed by atoms with E-state index in [1.807, 2.05) is 30.3 Å². The van der Waals surface area contributed by atoms with Gasteiger partial charge in [-0.3, -0.25) is 9.69 Å². The van der Waals surface area contributed by atoms with Crippen LogP contribution in [0.2, 0.25) is 5.02 Å². The van der Waals surface area contributed by atoms with Gasteiger partial charge < -0.3 is 5.32 Å². The smallest absolute Gasteiger partial charge is 0.221 e. The molecule has 0 saturated carbocycles. The summed E-state index contributed by atoms with van der Waals surface area (Å²) in [6.45, 7) is 3.42. The van der Waals surface area contributed by atoms with Crippen LogP contribution in [0.1, 0.15) is 43.4 Å². The van der Waals surface area contributed by atoms with Crippen LogP contribution in [0.5, 0.6) is 0 Å². The molecule has 2 aromatic rings. The van der Waals surface area contributed by atoms with Gasteiger partial charge >= 0.3 is 0 Å². The van der Waals surface area contributed by atoms with E-state index in [9.17, 15) is 9.70 Å². The Kier molecular flexibility index (Phi) is 6.01. The van der Waals surface area contributed by atoms with Crippen molar-refractivity contribution in [2.45, 2.75) is 32.2 Å². The fraction of sp³-hybridized carbons (Fsp3) is 0.350. The van der Waals surface area contributed by atoms with Gasteiger partial charge in [0, 0.05) is 11.9 Å². The first-order valence-electron chi connectivity index (χ1n) is 8.83. The summed E-state index contributed by atoms with van der Waals surface area (Å²) in [4.78, 5) is 25.1. The van der Waals surface area contributed by atoms with Crippen molar-refractivity contribution in [1.29, 1.82) is 0 Å². The van der Waals surface area contributed by atoms with E-state index in [0.717, 1.165) is 37.1 Å². The number of carbonyl (C=O) groups excluding carboxylic acids is 1. The van der Waals surface area contributed by atoms with Crippen LogP contribution in [0.3, 0.4) is 0 Å². The summed E-state index contributed by atoms with van der Waals surface area (Å²) in [5.41, 5.74) is 2.79. The Morgan fingerprint density at radius 3 is 2.35 bits per heavy atom. The molecule has 1 N–H and O–H groups in total. The number of nitrogens with zero attached hydrogens (tertiary/aromatic N) is 2. The molecular weight excluding hydrogens is 350 g/mol. The van der Waals surface area contributed by atoms with Crippen molar-refractivity contribution in [3.63, 3.8) is 0 Å². The first kappa shape index (κ1) is 18.5. The molecule has 6 heteroatoms. The summed E-state index contributed by atoms with van der Waals surface area (Å²) < 4.78 is 0. The van der Waals surface area contributed by atoms with E-state index in [0.29, 0.717) is 10.7 Å². The van der Waals surface area contributed by atoms with E-state index in [2.05, 4.69) is 15.4 Å². The van der Waals surface area contributed by atoms with Gasteiger partial charge in [0.25, 0.3) is 0 Å². The fourth-order valence-electron chi connectivity index (χ4n) is 3.53. The third kappa shape index (κ3) is 4.29. The van der Waals surface area contributed by atoms with E-state index in [1.165, 1.54) is 13.3 Å². The van der Waals surface area contributed by atoms with Gasteiger partial charge in [-0.25, -0.2) is 0 Å². The van der Waals surface area contributed by atoms with Crippen LogP contribution in [-0.4, -0.2) is 23.9 Å². The summed E-state index contributed by atoms with van der Waals surface area (Å²) in [6, 6.07) is 13.3. The topological polar surface area (TPSA) is 61.8 Å². The molecule has 1 aliphatic rings. The third-order valence-corrected chi connectivity index (χ3v) is 4.94. The number of piperidine rings is 1. The molecule has 0 spiro atoms. The van der Waals surface area contributed by atoms with Gasteiger partial charge in [0.1, 0.15) is 5.69 Å². The van der Waals surface area contributed by atoms with Crippen LogP contribution in [0, 0.1) is 4.91 Å². The van der Waals surface area contributed by atoms with Crippen LogP contribution in [0.15, 0.2) is 47.6 Å². The average molecular weight is 372 g/mol. The summed E-state index contributed by atoms with van der Waals surface area (Å²) in [5.74, 6) is -0.229. The van der Waals surface area contributed by atoms with Gasteiger partial charge in [-0.1, -0.05) is 36.2 Å². The molecule has 2 aromatic carbocycles. The highest BCUT2D eigenvalue weighted by atomic mass is 35.5. The van der Waals surface area contributed by atoms with Crippen LogP contribution < -0.4 is 5.32 Å². The van der Waals surface area contributed by atoms with Crippen molar-refractivity contribution in [3.05, 3.63) is 63.5 Å². The van der Waals surface area contributed by atoms with Gasteiger partial charge in [0.2, 0.25) is 5.91 Å². The van der Waals surface area contributed by atoms with Crippen molar-refractivity contribution < 1.29 is 4.79 Å². The van der Waals surface area contributed by atoms with Gasteiger partial charge in [-0.05, 0) is 66.5 Å². The Hall–Kier alpha value is -2.24. The highest BCUT2D eigenvalue weighted by Gasteiger charge is 2.25. The number of likely N-dealkylation sites (tertiary alicyclic amines) is 1. The lowest BCUT2D eigenvalue weighted by Gasteiger charge is -2.35. The molecule has 1 saturated heterocycles. The van der Waals surface area contributed by atoms with E-state index in [4.69, 9.17) is 11.6 Å². The number of halogens is 1. The molecule has 1 fully saturated rings. The standard InChI is InChI=1S/C20H22ClN3O2/c1-14(25)22-18-10-7-16(13-19(18)23-26)20(24-11-3-2-4-12-24)15-5-8-17(21)9-6-15/h5-10,13,20H,2-4,11-12H2,1H3,(H,22,25). The summed E-state index contributed by atoms with van der Waals surface area (Å²) >= 11 is 6.05. The Balaban J connectivity index is 2.01. The predicted octanol–water partition coefficient (Wildman–Crippen LogP) is 5.27. The quantitative estimate of drug-likeness (QED) is 0.728. The number of hydrogen-bond donors (Lipinski definition) is 1. The molecule has 0 aromatic heterocycles. The van der Waals surface area contributed by atoms with Crippen molar-refractivity contribution in [1.82, 2.24) is 4.90 Å². The molecule has 1 atom stereocenters. The number of amides is 1. The zero-order valence-corrected chi connectivity index (χ0v) is 15.5. The monoisotopic (exact) mass is 371 g/mol. The highest BCUT2D eigenvalue weighted by molar-refractivity contribution is 6.30. The lowest BCUT2D eigenvalue weighted by Crippen LogP contribution is -2.34. The Morgan fingerprint density at radius 2 is 1.73 bits per heavy atom. The van der Waals surface area contributed by atoms with Crippen molar-refractivity contribution >= 4 is 28.9 Å². The minimum atomic E-state index is -0.229. The summed E-state index contributed by atoms with van der Waals surface area (Å²) in [7, 11) is 0. The Bertz CT molecular complexity index is 786. The predicted molar refractivity (Wildman–Crippen MR) is 105 cm³/mol. The SMILES string of the molecule is CC(=O)Nc1ccc(C(c2ccc(Cl)cc2)N2CCCCC2)cc1N=O. The Morgan fingerprint density at radius 1 is 1.08 bits per heavy atom. The molecule has 1 unspecified atom stereocenters. The molecule has 0 aliphatic carbocycles. The molecule has 5 nitrogen and oxygen atoms in total. The van der Waals surface area contributed by atoms with Crippen molar-refractivity contribution in [2.75, 3.05) is 18.4 Å². The van der Waals surface area contributed by atoms with E-state index < -0.39 is 0 Å². The van der Waals surface area contributed by atoms with Gasteiger partial charge in [-0.15, -0.1) is 4.91 Å². The highest BCUT2D eigenvalue weighted by Crippen LogP contribution is 2.36. The number of rotatable bonds is 5. The van der Waals surface area contributed by atoms with E-state index in [-0.39, 0.29) is 17.6 Å². The number of nitrogens with one attached hydrogen (secondary N) is 1. The summed E-state index contributed by atoms with van der Waals surface area (Å²) in [6.07, 6.45) is 3.56. The number of nitroso groups, excluding NO2 is 1. The van der Waals surface area contributed by atoms with E-state index in [1.54, 1.807) is 12.1 Å². The van der Waals surface area contributed by atoms with Crippen LogP contribution in [0.4, 0.5) is 11.4 Å². The molecule has 1 heterocycles. The minimum Gasteiger partial charge on any atom is -0.324 e. The maximum atomic E-state index is 11.3. The molecule has 136 valence electrons. The molecular formula is C20H22ClN3O2. The lowest BCUT2D eigenvalue weighted by atomic mass is 9.94. The molecule has 0 radical (unpaired) electrons.